The SMILES string of the molecule is Cc1cc(-c2ncc(CNc3cc(C)c(-c4cccc(F)c4)cn3)cc2C)ccn1. The third-order valence-electron chi connectivity index (χ3n) is 5.03. The molecule has 4 rings (SSSR count). The number of aryl methyl sites for hydroxylation is 3. The topological polar surface area (TPSA) is 50.7 Å². The van der Waals surface area contributed by atoms with Crippen LogP contribution in [0.15, 0.2) is 67.1 Å². The predicted octanol–water partition coefficient (Wildman–Crippen LogP) is 5.88. The number of rotatable bonds is 5. The summed E-state index contributed by atoms with van der Waals surface area (Å²) >= 11 is 0. The first kappa shape index (κ1) is 19.7. The van der Waals surface area contributed by atoms with Gasteiger partial charge in [-0.05, 0) is 73.4 Å². The summed E-state index contributed by atoms with van der Waals surface area (Å²) in [5, 5.41) is 3.35. The average molecular weight is 398 g/mol. The maximum Gasteiger partial charge on any atom is 0.126 e. The summed E-state index contributed by atoms with van der Waals surface area (Å²) in [4.78, 5) is 13.4. The summed E-state index contributed by atoms with van der Waals surface area (Å²) in [6.45, 7) is 6.67. The molecule has 0 saturated heterocycles. The van der Waals surface area contributed by atoms with Crippen LogP contribution in [-0.2, 0) is 6.54 Å². The molecule has 30 heavy (non-hydrogen) atoms. The van der Waals surface area contributed by atoms with Gasteiger partial charge in [0.1, 0.15) is 11.6 Å². The number of benzene rings is 1. The molecule has 3 heterocycles. The first-order valence-corrected chi connectivity index (χ1v) is 9.84. The molecule has 150 valence electrons. The summed E-state index contributed by atoms with van der Waals surface area (Å²) in [7, 11) is 0. The highest BCUT2D eigenvalue weighted by Gasteiger charge is 2.08. The molecule has 3 aromatic heterocycles. The van der Waals surface area contributed by atoms with E-state index in [0.29, 0.717) is 6.54 Å². The lowest BCUT2D eigenvalue weighted by Gasteiger charge is -2.12. The van der Waals surface area contributed by atoms with E-state index in [4.69, 9.17) is 0 Å². The van der Waals surface area contributed by atoms with Crippen LogP contribution in [-0.4, -0.2) is 15.0 Å². The molecule has 0 radical (unpaired) electrons. The van der Waals surface area contributed by atoms with E-state index in [-0.39, 0.29) is 5.82 Å². The molecule has 0 aliphatic rings. The molecule has 0 saturated carbocycles. The minimum absolute atomic E-state index is 0.248. The highest BCUT2D eigenvalue weighted by atomic mass is 19.1. The van der Waals surface area contributed by atoms with Crippen LogP contribution in [0.25, 0.3) is 22.4 Å². The van der Waals surface area contributed by atoms with E-state index in [1.54, 1.807) is 12.3 Å². The van der Waals surface area contributed by atoms with Crippen molar-refractivity contribution in [2.75, 3.05) is 5.32 Å². The number of pyridine rings is 3. The molecule has 0 atom stereocenters. The van der Waals surface area contributed by atoms with Crippen LogP contribution >= 0.6 is 0 Å². The molecule has 1 N–H and O–H groups in total. The Hall–Kier alpha value is -3.60. The Bertz CT molecular complexity index is 1110. The zero-order valence-electron chi connectivity index (χ0n) is 17.3. The first-order chi connectivity index (χ1) is 14.5. The van der Waals surface area contributed by atoms with Gasteiger partial charge in [-0.2, -0.15) is 0 Å². The van der Waals surface area contributed by atoms with Gasteiger partial charge >= 0.3 is 0 Å². The fraction of sp³-hybridized carbons (Fsp3) is 0.160. The van der Waals surface area contributed by atoms with E-state index >= 15 is 0 Å². The fourth-order valence-electron chi connectivity index (χ4n) is 3.53. The van der Waals surface area contributed by atoms with Crippen LogP contribution in [0.5, 0.6) is 0 Å². The van der Waals surface area contributed by atoms with Gasteiger partial charge in [0.25, 0.3) is 0 Å². The number of hydrogen-bond donors (Lipinski definition) is 1. The van der Waals surface area contributed by atoms with Gasteiger partial charge in [-0.15, -0.1) is 0 Å². The summed E-state index contributed by atoms with van der Waals surface area (Å²) in [5.74, 6) is 0.529. The molecule has 4 aromatic rings. The highest BCUT2D eigenvalue weighted by Crippen LogP contribution is 2.25. The minimum atomic E-state index is -0.248. The van der Waals surface area contributed by atoms with Gasteiger partial charge < -0.3 is 5.32 Å². The summed E-state index contributed by atoms with van der Waals surface area (Å²) < 4.78 is 13.5. The Morgan fingerprint density at radius 1 is 0.833 bits per heavy atom. The van der Waals surface area contributed by atoms with E-state index in [1.807, 2.05) is 50.5 Å². The molecule has 0 aliphatic heterocycles. The molecule has 5 heteroatoms. The predicted molar refractivity (Wildman–Crippen MR) is 119 cm³/mol. The highest BCUT2D eigenvalue weighted by molar-refractivity contribution is 5.68. The van der Waals surface area contributed by atoms with Gasteiger partial charge in [0.05, 0.1) is 5.69 Å². The van der Waals surface area contributed by atoms with Crippen LogP contribution in [0.1, 0.15) is 22.4 Å². The Labute approximate surface area is 175 Å². The second-order valence-electron chi connectivity index (χ2n) is 7.44. The Morgan fingerprint density at radius 3 is 2.43 bits per heavy atom. The normalized spacial score (nSPS) is 10.8. The maximum absolute atomic E-state index is 13.5. The van der Waals surface area contributed by atoms with Crippen molar-refractivity contribution in [3.05, 3.63) is 95.3 Å². The second-order valence-corrected chi connectivity index (χ2v) is 7.44. The molecule has 0 fully saturated rings. The van der Waals surface area contributed by atoms with Crippen molar-refractivity contribution in [3.63, 3.8) is 0 Å². The van der Waals surface area contributed by atoms with Crippen molar-refractivity contribution in [2.45, 2.75) is 27.3 Å². The molecular weight excluding hydrogens is 375 g/mol. The second kappa shape index (κ2) is 8.41. The van der Waals surface area contributed by atoms with Crippen molar-refractivity contribution >= 4 is 5.82 Å². The van der Waals surface area contributed by atoms with Crippen molar-refractivity contribution < 1.29 is 4.39 Å². The van der Waals surface area contributed by atoms with Crippen LogP contribution in [0.4, 0.5) is 10.2 Å². The third-order valence-corrected chi connectivity index (χ3v) is 5.03. The molecule has 0 amide bonds. The molecule has 1 aromatic carbocycles. The van der Waals surface area contributed by atoms with E-state index in [2.05, 4.69) is 33.3 Å². The molecule has 0 bridgehead atoms. The number of nitrogens with zero attached hydrogens (tertiary/aromatic N) is 3. The Kier molecular flexibility index (Phi) is 5.53. The van der Waals surface area contributed by atoms with Gasteiger partial charge in [-0.1, -0.05) is 18.2 Å². The van der Waals surface area contributed by atoms with Crippen molar-refractivity contribution in [1.29, 1.82) is 0 Å². The number of halogens is 1. The lowest BCUT2D eigenvalue weighted by atomic mass is 10.0. The van der Waals surface area contributed by atoms with Gasteiger partial charge in [0, 0.05) is 42.0 Å². The van der Waals surface area contributed by atoms with Crippen LogP contribution in [0.3, 0.4) is 0 Å². The Balaban J connectivity index is 1.48. The zero-order chi connectivity index (χ0) is 21.1. The van der Waals surface area contributed by atoms with E-state index in [1.165, 1.54) is 12.1 Å². The standard InChI is InChI=1S/C25H23FN4/c1-16-10-24(29-15-23(16)20-5-4-6-22(26)12-20)28-13-19-9-17(2)25(30-14-19)21-7-8-27-18(3)11-21/h4-12,14-15H,13H2,1-3H3,(H,28,29). The fourth-order valence-corrected chi connectivity index (χ4v) is 3.53. The molecule has 4 nitrogen and oxygen atoms in total. The smallest absolute Gasteiger partial charge is 0.126 e. The van der Waals surface area contributed by atoms with Crippen molar-refractivity contribution in [1.82, 2.24) is 15.0 Å². The zero-order valence-corrected chi connectivity index (χ0v) is 17.3. The van der Waals surface area contributed by atoms with Crippen LogP contribution in [0.2, 0.25) is 0 Å². The Morgan fingerprint density at radius 2 is 1.70 bits per heavy atom. The maximum atomic E-state index is 13.5. The number of hydrogen-bond acceptors (Lipinski definition) is 4. The number of nitrogens with one attached hydrogen (secondary N) is 1. The van der Waals surface area contributed by atoms with Gasteiger partial charge in [-0.3, -0.25) is 9.97 Å². The molecule has 0 aliphatic carbocycles. The monoisotopic (exact) mass is 398 g/mol. The molecular formula is C25H23FN4. The lowest BCUT2D eigenvalue weighted by Crippen LogP contribution is -2.03. The third kappa shape index (κ3) is 4.35. The average Bonchev–Trinajstić information content (AvgIpc) is 2.72. The van der Waals surface area contributed by atoms with Gasteiger partial charge in [0.15, 0.2) is 0 Å². The lowest BCUT2D eigenvalue weighted by molar-refractivity contribution is 0.628. The minimum Gasteiger partial charge on any atom is -0.366 e. The molecule has 0 unspecified atom stereocenters. The number of anilines is 1. The summed E-state index contributed by atoms with van der Waals surface area (Å²) in [6, 6.07) is 14.7. The van der Waals surface area contributed by atoms with Gasteiger partial charge in [-0.25, -0.2) is 9.37 Å². The summed E-state index contributed by atoms with van der Waals surface area (Å²) in [6.07, 6.45) is 5.48. The largest absolute Gasteiger partial charge is 0.366 e. The summed E-state index contributed by atoms with van der Waals surface area (Å²) in [5.41, 5.74) is 8.00. The van der Waals surface area contributed by atoms with Crippen molar-refractivity contribution in [3.8, 4) is 22.4 Å². The van der Waals surface area contributed by atoms with E-state index in [0.717, 1.165) is 50.6 Å². The number of aromatic nitrogens is 3. The van der Waals surface area contributed by atoms with Crippen molar-refractivity contribution in [2.24, 2.45) is 0 Å². The van der Waals surface area contributed by atoms with E-state index in [9.17, 15) is 4.39 Å². The first-order valence-electron chi connectivity index (χ1n) is 9.84. The quantitative estimate of drug-likeness (QED) is 0.456. The van der Waals surface area contributed by atoms with Crippen LogP contribution in [0, 0.1) is 26.6 Å². The van der Waals surface area contributed by atoms with E-state index < -0.39 is 0 Å². The van der Waals surface area contributed by atoms with Crippen LogP contribution < -0.4 is 5.32 Å². The van der Waals surface area contributed by atoms with Gasteiger partial charge in [0.2, 0.25) is 0 Å². The molecule has 0 spiro atoms.